The fraction of sp³-hybridized carbons (Fsp3) is 0.538. The number of nitrogens with one attached hydrogen (secondary N) is 1. The molecule has 1 amide bonds. The van der Waals surface area contributed by atoms with Gasteiger partial charge in [0.1, 0.15) is 0 Å². The van der Waals surface area contributed by atoms with Gasteiger partial charge in [0.2, 0.25) is 5.91 Å². The van der Waals surface area contributed by atoms with E-state index < -0.39 is 5.97 Å². The average molecular weight is 237 g/mol. The first-order chi connectivity index (χ1) is 8.15. The van der Waals surface area contributed by atoms with Crippen molar-refractivity contribution in [2.75, 3.05) is 13.7 Å². The zero-order valence-electron chi connectivity index (χ0n) is 10.4. The summed E-state index contributed by atoms with van der Waals surface area (Å²) in [7, 11) is 1.32. The van der Waals surface area contributed by atoms with E-state index in [1.54, 1.807) is 6.08 Å². The fourth-order valence-corrected chi connectivity index (χ4v) is 1.79. The molecule has 0 saturated heterocycles. The summed E-state index contributed by atoms with van der Waals surface area (Å²) >= 11 is 0. The summed E-state index contributed by atoms with van der Waals surface area (Å²) < 4.78 is 4.44. The van der Waals surface area contributed by atoms with E-state index in [1.807, 2.05) is 6.92 Å². The van der Waals surface area contributed by atoms with Crippen molar-refractivity contribution in [3.8, 4) is 0 Å². The topological polar surface area (TPSA) is 55.4 Å². The number of carbonyl (C=O) groups is 2. The predicted octanol–water partition coefficient (Wildman–Crippen LogP) is 1.58. The molecule has 4 heteroatoms. The standard InChI is InChI=1S/C13H19NO3/c1-10(11-6-3-4-7-11)13(16)14-9-5-8-12(15)17-2/h5-6,8,10H,3-4,7,9H2,1-2H3,(H,14,16)/b8-5+. The lowest BCUT2D eigenvalue weighted by Gasteiger charge is -2.12. The van der Waals surface area contributed by atoms with Crippen LogP contribution in [0, 0.1) is 5.92 Å². The van der Waals surface area contributed by atoms with Gasteiger partial charge in [-0.2, -0.15) is 0 Å². The van der Waals surface area contributed by atoms with Crippen LogP contribution in [0.4, 0.5) is 0 Å². The van der Waals surface area contributed by atoms with Crippen LogP contribution >= 0.6 is 0 Å². The molecule has 0 aromatic rings. The molecule has 0 aromatic heterocycles. The highest BCUT2D eigenvalue weighted by Gasteiger charge is 2.18. The van der Waals surface area contributed by atoms with Gasteiger partial charge in [-0.1, -0.05) is 17.7 Å². The molecule has 0 saturated carbocycles. The molecule has 0 heterocycles. The van der Waals surface area contributed by atoms with Crippen molar-refractivity contribution in [2.45, 2.75) is 26.2 Å². The van der Waals surface area contributed by atoms with Gasteiger partial charge < -0.3 is 10.1 Å². The molecule has 1 atom stereocenters. The molecule has 1 unspecified atom stereocenters. The van der Waals surface area contributed by atoms with Crippen LogP contribution in [0.1, 0.15) is 26.2 Å². The Morgan fingerprint density at radius 2 is 2.35 bits per heavy atom. The number of rotatable bonds is 5. The summed E-state index contributed by atoms with van der Waals surface area (Å²) in [6.07, 6.45) is 8.28. The van der Waals surface area contributed by atoms with Crippen molar-refractivity contribution in [3.05, 3.63) is 23.8 Å². The Hall–Kier alpha value is -1.58. The van der Waals surface area contributed by atoms with Crippen LogP contribution in [0.5, 0.6) is 0 Å². The summed E-state index contributed by atoms with van der Waals surface area (Å²) in [5.41, 5.74) is 1.22. The molecule has 0 aliphatic heterocycles. The van der Waals surface area contributed by atoms with E-state index in [4.69, 9.17) is 0 Å². The molecular formula is C13H19NO3. The maximum absolute atomic E-state index is 11.7. The van der Waals surface area contributed by atoms with Gasteiger partial charge >= 0.3 is 5.97 Å². The van der Waals surface area contributed by atoms with Gasteiger partial charge in [-0.25, -0.2) is 4.79 Å². The van der Waals surface area contributed by atoms with E-state index >= 15 is 0 Å². The van der Waals surface area contributed by atoms with Gasteiger partial charge in [0.25, 0.3) is 0 Å². The first-order valence-corrected chi connectivity index (χ1v) is 5.86. The van der Waals surface area contributed by atoms with Crippen molar-refractivity contribution in [2.24, 2.45) is 5.92 Å². The third-order valence-corrected chi connectivity index (χ3v) is 2.87. The van der Waals surface area contributed by atoms with Crippen LogP contribution in [-0.2, 0) is 14.3 Å². The van der Waals surface area contributed by atoms with Gasteiger partial charge in [0.05, 0.1) is 13.0 Å². The number of allylic oxidation sites excluding steroid dienone is 1. The number of carbonyl (C=O) groups excluding carboxylic acids is 2. The van der Waals surface area contributed by atoms with Crippen LogP contribution in [-0.4, -0.2) is 25.5 Å². The van der Waals surface area contributed by atoms with Crippen LogP contribution in [0.15, 0.2) is 23.8 Å². The Morgan fingerprint density at radius 1 is 1.59 bits per heavy atom. The normalized spacial score (nSPS) is 16.7. The first-order valence-electron chi connectivity index (χ1n) is 5.86. The maximum atomic E-state index is 11.7. The summed E-state index contributed by atoms with van der Waals surface area (Å²) in [6.45, 7) is 2.27. The van der Waals surface area contributed by atoms with E-state index in [-0.39, 0.29) is 11.8 Å². The monoisotopic (exact) mass is 237 g/mol. The molecular weight excluding hydrogens is 218 g/mol. The summed E-state index contributed by atoms with van der Waals surface area (Å²) in [6, 6.07) is 0. The SMILES string of the molecule is COC(=O)/C=C/CNC(=O)C(C)C1=CCCC1. The number of amides is 1. The lowest BCUT2D eigenvalue weighted by molar-refractivity contribution is -0.134. The summed E-state index contributed by atoms with van der Waals surface area (Å²) in [5, 5.41) is 2.76. The number of hydrogen-bond acceptors (Lipinski definition) is 3. The lowest BCUT2D eigenvalue weighted by Crippen LogP contribution is -2.30. The van der Waals surface area contributed by atoms with Crippen LogP contribution in [0.2, 0.25) is 0 Å². The molecule has 0 fully saturated rings. The Balaban J connectivity index is 2.29. The minimum Gasteiger partial charge on any atom is -0.466 e. The van der Waals surface area contributed by atoms with Crippen LogP contribution in [0.25, 0.3) is 0 Å². The van der Waals surface area contributed by atoms with E-state index in [0.29, 0.717) is 6.54 Å². The summed E-state index contributed by atoms with van der Waals surface area (Å²) in [5.74, 6) is -0.470. The Bertz CT molecular complexity index is 345. The van der Waals surface area contributed by atoms with E-state index in [9.17, 15) is 9.59 Å². The lowest BCUT2D eigenvalue weighted by atomic mass is 10.00. The smallest absolute Gasteiger partial charge is 0.330 e. The van der Waals surface area contributed by atoms with Gasteiger partial charge in [-0.05, 0) is 26.2 Å². The fourth-order valence-electron chi connectivity index (χ4n) is 1.79. The Kier molecular flexibility index (Phi) is 5.46. The van der Waals surface area contributed by atoms with Crippen LogP contribution < -0.4 is 5.32 Å². The molecule has 1 N–H and O–H groups in total. The van der Waals surface area contributed by atoms with Gasteiger partial charge in [-0.15, -0.1) is 0 Å². The van der Waals surface area contributed by atoms with Crippen molar-refractivity contribution in [1.82, 2.24) is 5.32 Å². The highest BCUT2D eigenvalue weighted by atomic mass is 16.5. The molecule has 4 nitrogen and oxygen atoms in total. The molecule has 0 aromatic carbocycles. The second kappa shape index (κ2) is 6.89. The zero-order valence-corrected chi connectivity index (χ0v) is 10.4. The van der Waals surface area contributed by atoms with Gasteiger partial charge in [-0.3, -0.25) is 4.79 Å². The Morgan fingerprint density at radius 3 is 2.94 bits per heavy atom. The molecule has 0 spiro atoms. The first kappa shape index (κ1) is 13.5. The van der Waals surface area contributed by atoms with E-state index in [1.165, 1.54) is 18.8 Å². The van der Waals surface area contributed by atoms with Gasteiger partial charge in [0, 0.05) is 12.6 Å². The largest absolute Gasteiger partial charge is 0.466 e. The van der Waals surface area contributed by atoms with E-state index in [0.717, 1.165) is 19.3 Å². The molecule has 1 rings (SSSR count). The second-order valence-electron chi connectivity index (χ2n) is 4.06. The van der Waals surface area contributed by atoms with Crippen molar-refractivity contribution in [3.63, 3.8) is 0 Å². The molecule has 1 aliphatic rings. The quantitative estimate of drug-likeness (QED) is 0.448. The predicted molar refractivity (Wildman–Crippen MR) is 65.3 cm³/mol. The van der Waals surface area contributed by atoms with Gasteiger partial charge in [0.15, 0.2) is 0 Å². The average Bonchev–Trinajstić information content (AvgIpc) is 2.86. The molecule has 94 valence electrons. The third kappa shape index (κ3) is 4.43. The van der Waals surface area contributed by atoms with Crippen LogP contribution in [0.3, 0.4) is 0 Å². The zero-order chi connectivity index (χ0) is 12.7. The number of ether oxygens (including phenoxy) is 1. The maximum Gasteiger partial charge on any atom is 0.330 e. The van der Waals surface area contributed by atoms with E-state index in [2.05, 4.69) is 16.1 Å². The molecule has 0 radical (unpaired) electrons. The van der Waals surface area contributed by atoms with Crippen molar-refractivity contribution in [1.29, 1.82) is 0 Å². The highest BCUT2D eigenvalue weighted by molar-refractivity contribution is 5.83. The Labute approximate surface area is 102 Å². The molecule has 0 bridgehead atoms. The second-order valence-corrected chi connectivity index (χ2v) is 4.06. The minimum atomic E-state index is -0.411. The number of methoxy groups -OCH3 is 1. The summed E-state index contributed by atoms with van der Waals surface area (Å²) in [4.78, 5) is 22.5. The molecule has 1 aliphatic carbocycles. The highest BCUT2D eigenvalue weighted by Crippen LogP contribution is 2.24. The minimum absolute atomic E-state index is 0.00710. The number of hydrogen-bond donors (Lipinski definition) is 1. The number of esters is 1. The molecule has 17 heavy (non-hydrogen) atoms. The third-order valence-electron chi connectivity index (χ3n) is 2.87. The van der Waals surface area contributed by atoms with Crippen molar-refractivity contribution >= 4 is 11.9 Å². The van der Waals surface area contributed by atoms with Crippen molar-refractivity contribution < 1.29 is 14.3 Å².